The van der Waals surface area contributed by atoms with Gasteiger partial charge in [0.25, 0.3) is 0 Å². The highest BCUT2D eigenvalue weighted by atomic mass is 16.6. The highest BCUT2D eigenvalue weighted by Crippen LogP contribution is 2.39. The third-order valence-corrected chi connectivity index (χ3v) is 3.46. The maximum atomic E-state index is 11.7. The minimum Gasteiger partial charge on any atom is -0.460 e. The number of nitrogens with two attached hydrogens (primary N) is 1. The molecule has 17 heavy (non-hydrogen) atoms. The summed E-state index contributed by atoms with van der Waals surface area (Å²) in [5, 5.41) is 9.72. The van der Waals surface area contributed by atoms with E-state index in [9.17, 15) is 9.90 Å². The smallest absolute Gasteiger partial charge is 0.339 e. The normalized spacial score (nSPS) is 31.6. The molecule has 1 aliphatic rings. The van der Waals surface area contributed by atoms with Gasteiger partial charge in [0.15, 0.2) is 5.60 Å². The first-order chi connectivity index (χ1) is 7.66. The lowest BCUT2D eigenvalue weighted by Crippen LogP contribution is -2.46. The zero-order valence-electron chi connectivity index (χ0n) is 11.3. The Bertz CT molecular complexity index is 286. The lowest BCUT2D eigenvalue weighted by Gasteiger charge is -2.39. The Morgan fingerprint density at radius 1 is 1.53 bits per heavy atom. The first-order valence-electron chi connectivity index (χ1n) is 6.30. The van der Waals surface area contributed by atoms with Crippen LogP contribution in [0.5, 0.6) is 0 Å². The molecule has 4 heteroatoms. The van der Waals surface area contributed by atoms with Crippen LogP contribution < -0.4 is 5.73 Å². The van der Waals surface area contributed by atoms with Crippen molar-refractivity contribution < 1.29 is 14.6 Å². The molecule has 3 N–H and O–H groups in total. The minimum absolute atomic E-state index is 0.0979. The van der Waals surface area contributed by atoms with Crippen molar-refractivity contribution in [1.82, 2.24) is 0 Å². The second-order valence-electron chi connectivity index (χ2n) is 6.42. The van der Waals surface area contributed by atoms with Crippen molar-refractivity contribution in [3.8, 4) is 0 Å². The summed E-state index contributed by atoms with van der Waals surface area (Å²) in [6.45, 7) is 7.82. The van der Waals surface area contributed by atoms with Gasteiger partial charge >= 0.3 is 5.97 Å². The molecule has 3 atom stereocenters. The topological polar surface area (TPSA) is 72.5 Å². The summed E-state index contributed by atoms with van der Waals surface area (Å²) >= 11 is 0. The number of aliphatic hydroxyl groups is 1. The van der Waals surface area contributed by atoms with Crippen LogP contribution in [0.1, 0.15) is 47.0 Å². The lowest BCUT2D eigenvalue weighted by atomic mass is 9.71. The molecule has 0 aromatic carbocycles. The molecule has 0 spiro atoms. The Kier molecular flexibility index (Phi) is 4.20. The molecular formula is C13H25NO3. The molecule has 1 rings (SSSR count). The van der Waals surface area contributed by atoms with Crippen LogP contribution in [-0.4, -0.2) is 29.3 Å². The van der Waals surface area contributed by atoms with Gasteiger partial charge in [0.1, 0.15) is 6.10 Å². The number of rotatable bonds is 3. The Morgan fingerprint density at radius 2 is 2.12 bits per heavy atom. The molecule has 0 amide bonds. The zero-order chi connectivity index (χ0) is 13.3. The molecule has 0 aromatic heterocycles. The summed E-state index contributed by atoms with van der Waals surface area (Å²) in [4.78, 5) is 11.7. The van der Waals surface area contributed by atoms with Crippen molar-refractivity contribution in [1.29, 1.82) is 0 Å². The number of carbonyl (C=O) groups is 1. The molecule has 0 bridgehead atoms. The standard InChI is InChI=1S/C13H25NO3/c1-9-5-10(7-12(2,3)6-9)17-11(15)13(4,16)8-14/h9-10,16H,5-8,14H2,1-4H3. The number of esters is 1. The molecule has 0 heterocycles. The molecule has 1 fully saturated rings. The number of carbonyl (C=O) groups excluding carboxylic acids is 1. The average Bonchev–Trinajstić information content (AvgIpc) is 2.14. The predicted molar refractivity (Wildman–Crippen MR) is 66.4 cm³/mol. The van der Waals surface area contributed by atoms with E-state index in [2.05, 4.69) is 20.8 Å². The Labute approximate surface area is 104 Å². The maximum absolute atomic E-state index is 11.7. The Morgan fingerprint density at radius 3 is 2.59 bits per heavy atom. The third kappa shape index (κ3) is 3.96. The van der Waals surface area contributed by atoms with Crippen molar-refractivity contribution in [2.24, 2.45) is 17.1 Å². The van der Waals surface area contributed by atoms with Crippen LogP contribution in [0.25, 0.3) is 0 Å². The second-order valence-corrected chi connectivity index (χ2v) is 6.42. The van der Waals surface area contributed by atoms with E-state index < -0.39 is 11.6 Å². The summed E-state index contributed by atoms with van der Waals surface area (Å²) < 4.78 is 5.38. The van der Waals surface area contributed by atoms with Crippen molar-refractivity contribution in [3.63, 3.8) is 0 Å². The second kappa shape index (κ2) is 4.94. The van der Waals surface area contributed by atoms with E-state index in [1.165, 1.54) is 6.92 Å². The summed E-state index contributed by atoms with van der Waals surface area (Å²) in [6, 6.07) is 0. The molecule has 100 valence electrons. The van der Waals surface area contributed by atoms with Crippen LogP contribution in [0.2, 0.25) is 0 Å². The van der Waals surface area contributed by atoms with E-state index in [1.807, 2.05) is 0 Å². The van der Waals surface area contributed by atoms with Crippen LogP contribution in [0.15, 0.2) is 0 Å². The lowest BCUT2D eigenvalue weighted by molar-refractivity contribution is -0.172. The molecule has 0 aromatic rings. The van der Waals surface area contributed by atoms with Gasteiger partial charge in [-0.25, -0.2) is 4.79 Å². The molecule has 1 saturated carbocycles. The molecule has 4 nitrogen and oxygen atoms in total. The van der Waals surface area contributed by atoms with Crippen molar-refractivity contribution >= 4 is 5.97 Å². The quantitative estimate of drug-likeness (QED) is 0.736. The number of hydrogen-bond donors (Lipinski definition) is 2. The molecule has 0 aliphatic heterocycles. The van der Waals surface area contributed by atoms with Gasteiger partial charge in [-0.1, -0.05) is 20.8 Å². The fourth-order valence-electron chi connectivity index (χ4n) is 2.71. The van der Waals surface area contributed by atoms with Gasteiger partial charge in [0, 0.05) is 6.54 Å². The van der Waals surface area contributed by atoms with E-state index in [4.69, 9.17) is 10.5 Å². The summed E-state index contributed by atoms with van der Waals surface area (Å²) in [5.74, 6) is -0.0609. The fraction of sp³-hybridized carbons (Fsp3) is 0.923. The third-order valence-electron chi connectivity index (χ3n) is 3.46. The van der Waals surface area contributed by atoms with Crippen LogP contribution in [0, 0.1) is 11.3 Å². The van der Waals surface area contributed by atoms with Gasteiger partial charge in [0.2, 0.25) is 0 Å². The van der Waals surface area contributed by atoms with E-state index in [1.54, 1.807) is 0 Å². The molecule has 1 aliphatic carbocycles. The van der Waals surface area contributed by atoms with Gasteiger partial charge in [-0.05, 0) is 37.5 Å². The van der Waals surface area contributed by atoms with Gasteiger partial charge in [-0.15, -0.1) is 0 Å². The molecule has 0 saturated heterocycles. The number of hydrogen-bond acceptors (Lipinski definition) is 4. The summed E-state index contributed by atoms with van der Waals surface area (Å²) in [7, 11) is 0. The predicted octanol–water partition coefficient (Wildman–Crippen LogP) is 1.45. The van der Waals surface area contributed by atoms with Crippen molar-refractivity contribution in [2.45, 2.75) is 58.7 Å². The highest BCUT2D eigenvalue weighted by molar-refractivity contribution is 5.79. The SMILES string of the molecule is CC1CC(OC(=O)C(C)(O)CN)CC(C)(C)C1. The van der Waals surface area contributed by atoms with E-state index in [-0.39, 0.29) is 18.1 Å². The summed E-state index contributed by atoms with van der Waals surface area (Å²) in [5.41, 5.74) is 3.97. The Hall–Kier alpha value is -0.610. The average molecular weight is 243 g/mol. The van der Waals surface area contributed by atoms with Gasteiger partial charge < -0.3 is 15.6 Å². The summed E-state index contributed by atoms with van der Waals surface area (Å²) in [6.07, 6.45) is 2.77. The Balaban J connectivity index is 2.60. The van der Waals surface area contributed by atoms with Crippen LogP contribution in [-0.2, 0) is 9.53 Å². The van der Waals surface area contributed by atoms with Crippen LogP contribution in [0.4, 0.5) is 0 Å². The molecule has 3 unspecified atom stereocenters. The van der Waals surface area contributed by atoms with E-state index in [0.717, 1.165) is 19.3 Å². The maximum Gasteiger partial charge on any atom is 0.339 e. The minimum atomic E-state index is -1.56. The van der Waals surface area contributed by atoms with E-state index in [0.29, 0.717) is 5.92 Å². The van der Waals surface area contributed by atoms with E-state index >= 15 is 0 Å². The fourth-order valence-corrected chi connectivity index (χ4v) is 2.71. The molecule has 0 radical (unpaired) electrons. The van der Waals surface area contributed by atoms with Gasteiger partial charge in [0.05, 0.1) is 0 Å². The zero-order valence-corrected chi connectivity index (χ0v) is 11.3. The van der Waals surface area contributed by atoms with Gasteiger partial charge in [-0.2, -0.15) is 0 Å². The largest absolute Gasteiger partial charge is 0.460 e. The first-order valence-corrected chi connectivity index (χ1v) is 6.30. The van der Waals surface area contributed by atoms with Crippen molar-refractivity contribution in [3.05, 3.63) is 0 Å². The first kappa shape index (κ1) is 14.5. The number of ether oxygens (including phenoxy) is 1. The monoisotopic (exact) mass is 243 g/mol. The highest BCUT2D eigenvalue weighted by Gasteiger charge is 2.37. The van der Waals surface area contributed by atoms with Crippen LogP contribution >= 0.6 is 0 Å². The van der Waals surface area contributed by atoms with Crippen LogP contribution in [0.3, 0.4) is 0 Å². The van der Waals surface area contributed by atoms with Gasteiger partial charge in [-0.3, -0.25) is 0 Å². The molecular weight excluding hydrogens is 218 g/mol. The van der Waals surface area contributed by atoms with Crippen molar-refractivity contribution in [2.75, 3.05) is 6.54 Å².